The topological polar surface area (TPSA) is 71.2 Å². The second-order valence-electron chi connectivity index (χ2n) is 3.74. The van der Waals surface area contributed by atoms with Crippen molar-refractivity contribution in [2.75, 3.05) is 6.54 Å². The van der Waals surface area contributed by atoms with Gasteiger partial charge in [0.2, 0.25) is 0 Å². The van der Waals surface area contributed by atoms with Gasteiger partial charge in [-0.2, -0.15) is 4.91 Å². The molecule has 6 heteroatoms. The average Bonchev–Trinajstić information content (AvgIpc) is 2.71. The highest BCUT2D eigenvalue weighted by Gasteiger charge is 2.28. The predicted octanol–water partition coefficient (Wildman–Crippen LogP) is 3.10. The molecule has 0 spiro atoms. The average molecular weight is 249 g/mol. The van der Waals surface area contributed by atoms with Gasteiger partial charge in [-0.1, -0.05) is 24.2 Å². The van der Waals surface area contributed by atoms with E-state index in [0.717, 1.165) is 10.6 Å². The zero-order chi connectivity index (χ0) is 12.3. The van der Waals surface area contributed by atoms with Gasteiger partial charge in [-0.05, 0) is 17.3 Å². The fourth-order valence-corrected chi connectivity index (χ4v) is 2.83. The number of hydrogen-bond acceptors (Lipinski definition) is 6. The molecule has 0 fully saturated rings. The molecule has 0 amide bonds. The number of nitroso groups, excluding NO2 is 2. The number of benzene rings is 1. The molecule has 0 aliphatic carbocycles. The summed E-state index contributed by atoms with van der Waals surface area (Å²) in [5.74, 6) is 0. The molecule has 0 saturated heterocycles. The standard InChI is InChI=1S/C11H11N3O2S/c1-7-10(6-12-15)13-11(17-7)8-4-2-3-5-9(8)14-16/h2-5,7,10H,6H2,1H3/t7-,10-/m0/s1. The number of thioether (sulfide) groups is 1. The molecule has 2 atom stereocenters. The number of nitrogens with zero attached hydrogens (tertiary/aromatic N) is 3. The third-order valence-electron chi connectivity index (χ3n) is 2.62. The molecule has 0 radical (unpaired) electrons. The van der Waals surface area contributed by atoms with E-state index >= 15 is 0 Å². The van der Waals surface area contributed by atoms with Crippen LogP contribution in [-0.2, 0) is 0 Å². The van der Waals surface area contributed by atoms with Crippen molar-refractivity contribution in [3.63, 3.8) is 0 Å². The summed E-state index contributed by atoms with van der Waals surface area (Å²) in [4.78, 5) is 25.4. The molecule has 1 aliphatic heterocycles. The summed E-state index contributed by atoms with van der Waals surface area (Å²) in [6.45, 7) is 2.17. The molecule has 17 heavy (non-hydrogen) atoms. The summed E-state index contributed by atoms with van der Waals surface area (Å²) in [5, 5.41) is 6.83. The first-order valence-electron chi connectivity index (χ1n) is 5.22. The second-order valence-corrected chi connectivity index (χ2v) is 5.11. The number of aliphatic imine (C=N–C) groups is 1. The molecule has 0 bridgehead atoms. The van der Waals surface area contributed by atoms with Crippen LogP contribution in [0.3, 0.4) is 0 Å². The summed E-state index contributed by atoms with van der Waals surface area (Å²) in [5.41, 5.74) is 1.11. The first kappa shape index (κ1) is 11.9. The van der Waals surface area contributed by atoms with E-state index in [9.17, 15) is 9.81 Å². The van der Waals surface area contributed by atoms with Crippen LogP contribution >= 0.6 is 11.8 Å². The summed E-state index contributed by atoms with van der Waals surface area (Å²) in [6.07, 6.45) is 0. The van der Waals surface area contributed by atoms with E-state index in [2.05, 4.69) is 15.3 Å². The minimum absolute atomic E-state index is 0.104. The van der Waals surface area contributed by atoms with Gasteiger partial charge in [0.1, 0.15) is 17.3 Å². The molecule has 2 rings (SSSR count). The van der Waals surface area contributed by atoms with Crippen molar-refractivity contribution < 1.29 is 0 Å². The molecule has 1 heterocycles. The Morgan fingerprint density at radius 1 is 1.35 bits per heavy atom. The first-order chi connectivity index (χ1) is 8.26. The van der Waals surface area contributed by atoms with Crippen LogP contribution in [0.4, 0.5) is 5.69 Å². The molecular weight excluding hydrogens is 238 g/mol. The van der Waals surface area contributed by atoms with Gasteiger partial charge in [0.25, 0.3) is 0 Å². The highest BCUT2D eigenvalue weighted by Crippen LogP contribution is 2.33. The summed E-state index contributed by atoms with van der Waals surface area (Å²) in [6, 6.07) is 6.96. The third-order valence-corrected chi connectivity index (χ3v) is 3.85. The highest BCUT2D eigenvalue weighted by atomic mass is 32.2. The Bertz CT molecular complexity index is 476. The van der Waals surface area contributed by atoms with Gasteiger partial charge < -0.3 is 0 Å². The maximum absolute atomic E-state index is 10.7. The Balaban J connectivity index is 2.32. The molecule has 1 aromatic rings. The Morgan fingerprint density at radius 3 is 2.82 bits per heavy atom. The van der Waals surface area contributed by atoms with Crippen molar-refractivity contribution in [1.29, 1.82) is 0 Å². The second kappa shape index (κ2) is 5.18. The third kappa shape index (κ3) is 2.41. The van der Waals surface area contributed by atoms with Gasteiger partial charge >= 0.3 is 0 Å². The van der Waals surface area contributed by atoms with Crippen LogP contribution in [0.25, 0.3) is 0 Å². The van der Waals surface area contributed by atoms with Crippen LogP contribution in [0.5, 0.6) is 0 Å². The maximum Gasteiger partial charge on any atom is 0.117 e. The molecule has 0 unspecified atom stereocenters. The summed E-state index contributed by atoms with van der Waals surface area (Å²) in [7, 11) is 0. The summed E-state index contributed by atoms with van der Waals surface area (Å²) >= 11 is 1.55. The van der Waals surface area contributed by atoms with Gasteiger partial charge in [0.05, 0.1) is 6.04 Å². The van der Waals surface area contributed by atoms with E-state index in [-0.39, 0.29) is 17.8 Å². The van der Waals surface area contributed by atoms with Crippen LogP contribution in [-0.4, -0.2) is 22.9 Å². The van der Waals surface area contributed by atoms with Crippen molar-refractivity contribution in [3.8, 4) is 0 Å². The molecule has 0 saturated carbocycles. The lowest BCUT2D eigenvalue weighted by Crippen LogP contribution is -2.16. The minimum atomic E-state index is -0.104. The van der Waals surface area contributed by atoms with Gasteiger partial charge in [0.15, 0.2) is 0 Å². The van der Waals surface area contributed by atoms with Crippen LogP contribution in [0.2, 0.25) is 0 Å². The lowest BCUT2D eigenvalue weighted by Gasteiger charge is -2.06. The highest BCUT2D eigenvalue weighted by molar-refractivity contribution is 8.15. The van der Waals surface area contributed by atoms with E-state index in [1.807, 2.05) is 19.1 Å². The van der Waals surface area contributed by atoms with Crippen LogP contribution in [0.15, 0.2) is 39.6 Å². The van der Waals surface area contributed by atoms with E-state index in [1.54, 1.807) is 23.9 Å². The van der Waals surface area contributed by atoms with Crippen LogP contribution in [0.1, 0.15) is 12.5 Å². The maximum atomic E-state index is 10.7. The zero-order valence-corrected chi connectivity index (χ0v) is 10.1. The Hall–Kier alpha value is -1.56. The smallest absolute Gasteiger partial charge is 0.117 e. The SMILES string of the molecule is C[C@@H]1SC(c2ccccc2N=O)=N[C@H]1CN=O. The Labute approximate surface area is 103 Å². The van der Waals surface area contributed by atoms with Gasteiger partial charge in [0, 0.05) is 10.8 Å². The molecule has 1 aliphatic rings. The lowest BCUT2D eigenvalue weighted by molar-refractivity contribution is 0.688. The van der Waals surface area contributed by atoms with Crippen molar-refractivity contribution in [1.82, 2.24) is 0 Å². The molecular formula is C11H11N3O2S. The largest absolute Gasteiger partial charge is 0.271 e. The quantitative estimate of drug-likeness (QED) is 0.770. The molecule has 5 nitrogen and oxygen atoms in total. The fourth-order valence-electron chi connectivity index (χ4n) is 1.67. The van der Waals surface area contributed by atoms with E-state index in [0.29, 0.717) is 5.69 Å². The van der Waals surface area contributed by atoms with Gasteiger partial charge in [-0.25, -0.2) is 0 Å². The van der Waals surface area contributed by atoms with E-state index in [1.165, 1.54) is 0 Å². The first-order valence-corrected chi connectivity index (χ1v) is 6.10. The van der Waals surface area contributed by atoms with Crippen molar-refractivity contribution in [2.24, 2.45) is 15.3 Å². The van der Waals surface area contributed by atoms with E-state index < -0.39 is 0 Å². The van der Waals surface area contributed by atoms with E-state index in [4.69, 9.17) is 0 Å². The zero-order valence-electron chi connectivity index (χ0n) is 9.24. The van der Waals surface area contributed by atoms with Crippen molar-refractivity contribution in [3.05, 3.63) is 39.6 Å². The molecule has 1 aromatic carbocycles. The van der Waals surface area contributed by atoms with Crippen molar-refractivity contribution >= 4 is 22.5 Å². The van der Waals surface area contributed by atoms with Crippen LogP contribution < -0.4 is 0 Å². The minimum Gasteiger partial charge on any atom is -0.271 e. The normalized spacial score (nSPS) is 23.2. The monoisotopic (exact) mass is 249 g/mol. The molecule has 88 valence electrons. The molecule has 0 N–H and O–H groups in total. The van der Waals surface area contributed by atoms with Crippen molar-refractivity contribution in [2.45, 2.75) is 18.2 Å². The predicted molar refractivity (Wildman–Crippen MR) is 69.9 cm³/mol. The fraction of sp³-hybridized carbons (Fsp3) is 0.364. The Morgan fingerprint density at radius 2 is 2.12 bits per heavy atom. The van der Waals surface area contributed by atoms with Gasteiger partial charge in [-0.3, -0.25) is 4.99 Å². The van der Waals surface area contributed by atoms with Crippen LogP contribution in [0, 0.1) is 9.81 Å². The molecule has 0 aromatic heterocycles. The van der Waals surface area contributed by atoms with Gasteiger partial charge in [-0.15, -0.1) is 16.7 Å². The summed E-state index contributed by atoms with van der Waals surface area (Å²) < 4.78 is 0. The number of rotatable bonds is 4. The Kier molecular flexibility index (Phi) is 3.63. The number of hydrogen-bond donors (Lipinski definition) is 0. The lowest BCUT2D eigenvalue weighted by atomic mass is 10.2.